The van der Waals surface area contributed by atoms with E-state index in [0.29, 0.717) is 5.92 Å². The summed E-state index contributed by atoms with van der Waals surface area (Å²) in [6, 6.07) is 0. The van der Waals surface area contributed by atoms with E-state index in [1.54, 1.807) is 0 Å². The monoisotopic (exact) mass is 236 g/mol. The van der Waals surface area contributed by atoms with Gasteiger partial charge in [-0.3, -0.25) is 0 Å². The molecule has 96 valence electrons. The van der Waals surface area contributed by atoms with E-state index in [9.17, 15) is 0 Å². The van der Waals surface area contributed by atoms with E-state index >= 15 is 0 Å². The van der Waals surface area contributed by atoms with Crippen LogP contribution >= 0.6 is 0 Å². The van der Waals surface area contributed by atoms with Crippen molar-refractivity contribution in [3.05, 3.63) is 11.4 Å². The zero-order valence-corrected chi connectivity index (χ0v) is 11.7. The first-order valence-electron chi connectivity index (χ1n) is 6.59. The maximum absolute atomic E-state index is 4.64. The number of aryl methyl sites for hydroxylation is 2. The number of anilines is 1. The molecule has 0 aliphatic carbocycles. The molecule has 0 N–H and O–H groups in total. The fourth-order valence-corrected chi connectivity index (χ4v) is 1.86. The lowest BCUT2D eigenvalue weighted by Crippen LogP contribution is -2.29. The molecule has 0 saturated heterocycles. The highest BCUT2D eigenvalue weighted by Gasteiger charge is 2.12. The van der Waals surface area contributed by atoms with E-state index in [-0.39, 0.29) is 0 Å². The molecule has 0 amide bonds. The standard InChI is InChI=1S/C13H24N4/c1-6-11-12(7-2)15-16-13(14-11)17(8-3)9-10(4)5/h10H,6-9H2,1-5H3. The lowest BCUT2D eigenvalue weighted by molar-refractivity contribution is 0.602. The van der Waals surface area contributed by atoms with Gasteiger partial charge in [0.1, 0.15) is 0 Å². The maximum Gasteiger partial charge on any atom is 0.245 e. The summed E-state index contributed by atoms with van der Waals surface area (Å²) in [4.78, 5) is 6.83. The van der Waals surface area contributed by atoms with Crippen molar-refractivity contribution in [2.45, 2.75) is 47.5 Å². The lowest BCUT2D eigenvalue weighted by Gasteiger charge is -2.22. The Morgan fingerprint density at radius 3 is 2.12 bits per heavy atom. The van der Waals surface area contributed by atoms with Crippen LogP contribution in [0.4, 0.5) is 5.95 Å². The van der Waals surface area contributed by atoms with Crippen LogP contribution in [0.2, 0.25) is 0 Å². The van der Waals surface area contributed by atoms with Crippen molar-refractivity contribution in [2.75, 3.05) is 18.0 Å². The quantitative estimate of drug-likeness (QED) is 0.761. The van der Waals surface area contributed by atoms with Crippen molar-refractivity contribution in [3.8, 4) is 0 Å². The van der Waals surface area contributed by atoms with Crippen molar-refractivity contribution in [2.24, 2.45) is 5.92 Å². The van der Waals surface area contributed by atoms with Crippen LogP contribution in [-0.4, -0.2) is 28.3 Å². The third kappa shape index (κ3) is 3.65. The van der Waals surface area contributed by atoms with Gasteiger partial charge in [-0.05, 0) is 25.7 Å². The van der Waals surface area contributed by atoms with Crippen LogP contribution in [0, 0.1) is 5.92 Å². The van der Waals surface area contributed by atoms with E-state index in [4.69, 9.17) is 0 Å². The highest BCUT2D eigenvalue weighted by molar-refractivity contribution is 5.30. The summed E-state index contributed by atoms with van der Waals surface area (Å²) in [5, 5.41) is 8.54. The van der Waals surface area contributed by atoms with Crippen LogP contribution < -0.4 is 4.90 Å². The average molecular weight is 236 g/mol. The zero-order chi connectivity index (χ0) is 12.8. The zero-order valence-electron chi connectivity index (χ0n) is 11.7. The molecule has 1 aromatic rings. The van der Waals surface area contributed by atoms with E-state index in [2.05, 4.69) is 54.7 Å². The Morgan fingerprint density at radius 2 is 1.65 bits per heavy atom. The number of rotatable bonds is 6. The summed E-state index contributed by atoms with van der Waals surface area (Å²) in [6.45, 7) is 12.7. The molecule has 0 bridgehead atoms. The molecule has 17 heavy (non-hydrogen) atoms. The molecule has 1 heterocycles. The van der Waals surface area contributed by atoms with Gasteiger partial charge in [0.05, 0.1) is 11.4 Å². The molecule has 4 nitrogen and oxygen atoms in total. The molecule has 1 rings (SSSR count). The second-order valence-electron chi connectivity index (χ2n) is 4.64. The number of nitrogens with zero attached hydrogens (tertiary/aromatic N) is 4. The highest BCUT2D eigenvalue weighted by Crippen LogP contribution is 2.12. The Bertz CT molecular complexity index is 349. The van der Waals surface area contributed by atoms with Gasteiger partial charge >= 0.3 is 0 Å². The SMILES string of the molecule is CCc1nnc(N(CC)CC(C)C)nc1CC. The van der Waals surface area contributed by atoms with Crippen molar-refractivity contribution in [3.63, 3.8) is 0 Å². The van der Waals surface area contributed by atoms with Crippen LogP contribution in [0.5, 0.6) is 0 Å². The minimum Gasteiger partial charge on any atom is -0.340 e. The van der Waals surface area contributed by atoms with Crippen LogP contribution in [-0.2, 0) is 12.8 Å². The molecule has 0 fully saturated rings. The van der Waals surface area contributed by atoms with Crippen LogP contribution in [0.25, 0.3) is 0 Å². The molecule has 0 radical (unpaired) electrons. The molecule has 1 aromatic heterocycles. The molecule has 0 saturated carbocycles. The molecule has 0 unspecified atom stereocenters. The van der Waals surface area contributed by atoms with Gasteiger partial charge in [-0.1, -0.05) is 27.7 Å². The Balaban J connectivity index is 2.96. The first-order chi connectivity index (χ1) is 8.12. The second kappa shape index (κ2) is 6.52. The Labute approximate surface area is 104 Å². The van der Waals surface area contributed by atoms with Gasteiger partial charge in [0.25, 0.3) is 0 Å². The Morgan fingerprint density at radius 1 is 1.00 bits per heavy atom. The van der Waals surface area contributed by atoms with Gasteiger partial charge in [-0.25, -0.2) is 4.98 Å². The fourth-order valence-electron chi connectivity index (χ4n) is 1.86. The third-order valence-electron chi connectivity index (χ3n) is 2.75. The maximum atomic E-state index is 4.64. The minimum absolute atomic E-state index is 0.606. The molecule has 0 atom stereocenters. The van der Waals surface area contributed by atoms with Gasteiger partial charge < -0.3 is 4.90 Å². The van der Waals surface area contributed by atoms with Gasteiger partial charge in [-0.15, -0.1) is 5.10 Å². The fraction of sp³-hybridized carbons (Fsp3) is 0.769. The van der Waals surface area contributed by atoms with Crippen molar-refractivity contribution >= 4 is 5.95 Å². The van der Waals surface area contributed by atoms with Gasteiger partial charge in [0.15, 0.2) is 0 Å². The van der Waals surface area contributed by atoms with E-state index < -0.39 is 0 Å². The molecule has 0 aliphatic rings. The average Bonchev–Trinajstić information content (AvgIpc) is 2.34. The predicted molar refractivity (Wildman–Crippen MR) is 71.3 cm³/mol. The Hall–Kier alpha value is -1.19. The summed E-state index contributed by atoms with van der Waals surface area (Å²) in [7, 11) is 0. The second-order valence-corrected chi connectivity index (χ2v) is 4.64. The molecular formula is C13H24N4. The molecular weight excluding hydrogens is 212 g/mol. The summed E-state index contributed by atoms with van der Waals surface area (Å²) in [6.07, 6.45) is 1.82. The number of aromatic nitrogens is 3. The van der Waals surface area contributed by atoms with Gasteiger partial charge in [0.2, 0.25) is 5.95 Å². The van der Waals surface area contributed by atoms with Crippen molar-refractivity contribution in [1.82, 2.24) is 15.2 Å². The molecule has 0 spiro atoms. The van der Waals surface area contributed by atoms with E-state index in [1.807, 2.05) is 0 Å². The predicted octanol–water partition coefficient (Wildman–Crippen LogP) is 2.48. The van der Waals surface area contributed by atoms with Crippen molar-refractivity contribution in [1.29, 1.82) is 0 Å². The van der Waals surface area contributed by atoms with Crippen LogP contribution in [0.3, 0.4) is 0 Å². The smallest absolute Gasteiger partial charge is 0.245 e. The van der Waals surface area contributed by atoms with E-state index in [0.717, 1.165) is 43.3 Å². The summed E-state index contributed by atoms with van der Waals surface area (Å²) in [5.41, 5.74) is 2.11. The lowest BCUT2D eigenvalue weighted by atomic mass is 10.2. The van der Waals surface area contributed by atoms with Gasteiger partial charge in [0, 0.05) is 13.1 Å². The highest BCUT2D eigenvalue weighted by atomic mass is 15.3. The van der Waals surface area contributed by atoms with Crippen LogP contribution in [0.15, 0.2) is 0 Å². The number of hydrogen-bond donors (Lipinski definition) is 0. The van der Waals surface area contributed by atoms with Gasteiger partial charge in [-0.2, -0.15) is 5.10 Å². The number of hydrogen-bond acceptors (Lipinski definition) is 4. The third-order valence-corrected chi connectivity index (χ3v) is 2.75. The molecule has 0 aromatic carbocycles. The topological polar surface area (TPSA) is 41.9 Å². The summed E-state index contributed by atoms with van der Waals surface area (Å²) in [5.74, 6) is 1.38. The Kier molecular flexibility index (Phi) is 5.32. The summed E-state index contributed by atoms with van der Waals surface area (Å²) >= 11 is 0. The molecule has 0 aliphatic heterocycles. The van der Waals surface area contributed by atoms with Crippen LogP contribution in [0.1, 0.15) is 46.0 Å². The minimum atomic E-state index is 0.606. The normalized spacial score (nSPS) is 10.9. The summed E-state index contributed by atoms with van der Waals surface area (Å²) < 4.78 is 0. The first kappa shape index (κ1) is 13.9. The molecule has 4 heteroatoms. The van der Waals surface area contributed by atoms with Crippen molar-refractivity contribution < 1.29 is 0 Å². The largest absolute Gasteiger partial charge is 0.340 e. The first-order valence-corrected chi connectivity index (χ1v) is 6.59. The van der Waals surface area contributed by atoms with E-state index in [1.165, 1.54) is 0 Å².